The van der Waals surface area contributed by atoms with Crippen LogP contribution in [-0.2, 0) is 6.42 Å². The topological polar surface area (TPSA) is 0 Å². The zero-order valence-electron chi connectivity index (χ0n) is 9.10. The van der Waals surface area contributed by atoms with E-state index in [9.17, 15) is 4.39 Å². The van der Waals surface area contributed by atoms with E-state index < -0.39 is 0 Å². The summed E-state index contributed by atoms with van der Waals surface area (Å²) in [5.74, 6) is 0.497. The Morgan fingerprint density at radius 2 is 2.00 bits per heavy atom. The van der Waals surface area contributed by atoms with Crippen LogP contribution in [0.4, 0.5) is 4.39 Å². The highest BCUT2D eigenvalue weighted by Gasteiger charge is 2.31. The van der Waals surface area contributed by atoms with Crippen LogP contribution in [0.3, 0.4) is 0 Å². The molecule has 0 spiro atoms. The molecule has 0 N–H and O–H groups in total. The van der Waals surface area contributed by atoms with Crippen molar-refractivity contribution in [1.82, 2.24) is 0 Å². The van der Waals surface area contributed by atoms with Gasteiger partial charge in [-0.1, -0.05) is 26.8 Å². The first-order valence-electron chi connectivity index (χ1n) is 5.27. The Morgan fingerprint density at radius 3 is 2.64 bits per heavy atom. The fraction of sp³-hybridized carbons (Fsp3) is 0.538. The number of hydrogen-bond donors (Lipinski definition) is 0. The second kappa shape index (κ2) is 3.08. The minimum atomic E-state index is -0.0988. The summed E-state index contributed by atoms with van der Waals surface area (Å²) < 4.78 is 13.0. The van der Waals surface area contributed by atoms with Crippen molar-refractivity contribution in [3.63, 3.8) is 0 Å². The molecule has 0 nitrogen and oxygen atoms in total. The van der Waals surface area contributed by atoms with Crippen LogP contribution in [0.1, 0.15) is 44.2 Å². The maximum atomic E-state index is 13.0. The molecular formula is C13H17F. The Balaban J connectivity index is 2.41. The van der Waals surface area contributed by atoms with Gasteiger partial charge in [-0.05, 0) is 47.4 Å². The molecule has 0 fully saturated rings. The molecule has 0 bridgehead atoms. The second-order valence-electron chi connectivity index (χ2n) is 5.30. The monoisotopic (exact) mass is 192 g/mol. The molecule has 0 heterocycles. The Morgan fingerprint density at radius 1 is 1.29 bits per heavy atom. The lowest BCUT2D eigenvalue weighted by atomic mass is 9.77. The minimum Gasteiger partial charge on any atom is -0.207 e. The van der Waals surface area contributed by atoms with E-state index in [1.807, 2.05) is 6.07 Å². The summed E-state index contributed by atoms with van der Waals surface area (Å²) in [6, 6.07) is 5.25. The van der Waals surface area contributed by atoms with E-state index in [1.165, 1.54) is 17.5 Å². The van der Waals surface area contributed by atoms with Crippen LogP contribution in [0.5, 0.6) is 0 Å². The Kier molecular flexibility index (Phi) is 2.13. The van der Waals surface area contributed by atoms with Gasteiger partial charge >= 0.3 is 0 Å². The van der Waals surface area contributed by atoms with Crippen molar-refractivity contribution in [2.45, 2.75) is 39.5 Å². The average Bonchev–Trinajstić information content (AvgIpc) is 2.45. The SMILES string of the molecule is CC(C)(C)C1CCc2cc(F)ccc21. The lowest BCUT2D eigenvalue weighted by Gasteiger charge is -2.27. The van der Waals surface area contributed by atoms with Crippen molar-refractivity contribution in [3.05, 3.63) is 35.1 Å². The van der Waals surface area contributed by atoms with E-state index in [4.69, 9.17) is 0 Å². The molecule has 0 saturated heterocycles. The average molecular weight is 192 g/mol. The van der Waals surface area contributed by atoms with Crippen LogP contribution in [0.15, 0.2) is 18.2 Å². The predicted octanol–water partition coefficient (Wildman–Crippen LogP) is 3.90. The zero-order valence-corrected chi connectivity index (χ0v) is 9.10. The van der Waals surface area contributed by atoms with Gasteiger partial charge in [0.15, 0.2) is 0 Å². The highest BCUT2D eigenvalue weighted by molar-refractivity contribution is 5.36. The van der Waals surface area contributed by atoms with E-state index in [0.717, 1.165) is 6.42 Å². The van der Waals surface area contributed by atoms with Crippen molar-refractivity contribution >= 4 is 0 Å². The maximum Gasteiger partial charge on any atom is 0.123 e. The highest BCUT2D eigenvalue weighted by atomic mass is 19.1. The summed E-state index contributed by atoms with van der Waals surface area (Å²) in [6.07, 6.45) is 2.21. The third kappa shape index (κ3) is 1.56. The molecule has 1 unspecified atom stereocenters. The zero-order chi connectivity index (χ0) is 10.3. The van der Waals surface area contributed by atoms with Crippen LogP contribution in [0.2, 0.25) is 0 Å². The van der Waals surface area contributed by atoms with Gasteiger partial charge in [0.1, 0.15) is 5.82 Å². The molecule has 14 heavy (non-hydrogen) atoms. The van der Waals surface area contributed by atoms with Gasteiger partial charge in [0, 0.05) is 0 Å². The number of fused-ring (bicyclic) bond motifs is 1. The molecule has 1 aliphatic carbocycles. The van der Waals surface area contributed by atoms with Gasteiger partial charge < -0.3 is 0 Å². The lowest BCUT2D eigenvalue weighted by molar-refractivity contribution is 0.319. The van der Waals surface area contributed by atoms with Gasteiger partial charge in [0.05, 0.1) is 0 Å². The van der Waals surface area contributed by atoms with Crippen LogP contribution < -0.4 is 0 Å². The summed E-state index contributed by atoms with van der Waals surface area (Å²) in [5, 5.41) is 0. The molecule has 1 aliphatic rings. The standard InChI is InChI=1S/C13H17F/c1-13(2,3)12-7-4-9-8-10(14)5-6-11(9)12/h5-6,8,12H,4,7H2,1-3H3. The number of aryl methyl sites for hydroxylation is 1. The van der Waals surface area contributed by atoms with Crippen molar-refractivity contribution in [2.75, 3.05) is 0 Å². The first kappa shape index (κ1) is 9.70. The molecular weight excluding hydrogens is 175 g/mol. The Bertz CT molecular complexity index is 347. The normalized spacial score (nSPS) is 21.0. The molecule has 1 atom stereocenters. The smallest absolute Gasteiger partial charge is 0.123 e. The molecule has 1 aromatic rings. The molecule has 0 amide bonds. The third-order valence-electron chi connectivity index (χ3n) is 3.23. The lowest BCUT2D eigenvalue weighted by Crippen LogP contribution is -2.15. The van der Waals surface area contributed by atoms with Gasteiger partial charge in [0.2, 0.25) is 0 Å². The fourth-order valence-electron chi connectivity index (χ4n) is 2.49. The third-order valence-corrected chi connectivity index (χ3v) is 3.23. The molecule has 0 radical (unpaired) electrons. The van der Waals surface area contributed by atoms with Gasteiger partial charge in [0.25, 0.3) is 0 Å². The van der Waals surface area contributed by atoms with Crippen LogP contribution in [-0.4, -0.2) is 0 Å². The second-order valence-corrected chi connectivity index (χ2v) is 5.30. The number of rotatable bonds is 0. The van der Waals surface area contributed by atoms with Crippen molar-refractivity contribution in [2.24, 2.45) is 5.41 Å². The number of hydrogen-bond acceptors (Lipinski definition) is 0. The first-order chi connectivity index (χ1) is 6.48. The molecule has 1 aromatic carbocycles. The predicted molar refractivity (Wildman–Crippen MR) is 56.9 cm³/mol. The molecule has 1 heteroatoms. The van der Waals surface area contributed by atoms with Crippen LogP contribution >= 0.6 is 0 Å². The minimum absolute atomic E-state index is 0.0988. The molecule has 76 valence electrons. The van der Waals surface area contributed by atoms with Gasteiger partial charge in [-0.15, -0.1) is 0 Å². The van der Waals surface area contributed by atoms with E-state index in [0.29, 0.717) is 11.3 Å². The van der Waals surface area contributed by atoms with Crippen LogP contribution in [0, 0.1) is 11.2 Å². The summed E-state index contributed by atoms with van der Waals surface area (Å²) >= 11 is 0. The van der Waals surface area contributed by atoms with E-state index >= 15 is 0 Å². The fourth-order valence-corrected chi connectivity index (χ4v) is 2.49. The highest BCUT2D eigenvalue weighted by Crippen LogP contribution is 2.44. The van der Waals surface area contributed by atoms with E-state index in [1.54, 1.807) is 12.1 Å². The van der Waals surface area contributed by atoms with Crippen molar-refractivity contribution in [1.29, 1.82) is 0 Å². The van der Waals surface area contributed by atoms with Gasteiger partial charge in [-0.3, -0.25) is 0 Å². The summed E-state index contributed by atoms with van der Waals surface area (Å²) in [4.78, 5) is 0. The van der Waals surface area contributed by atoms with E-state index in [-0.39, 0.29) is 5.82 Å². The maximum absolute atomic E-state index is 13.0. The van der Waals surface area contributed by atoms with Gasteiger partial charge in [-0.2, -0.15) is 0 Å². The largest absolute Gasteiger partial charge is 0.207 e. The Hall–Kier alpha value is -0.850. The molecule has 0 saturated carbocycles. The summed E-state index contributed by atoms with van der Waals surface area (Å²) in [6.45, 7) is 6.78. The first-order valence-corrected chi connectivity index (χ1v) is 5.27. The summed E-state index contributed by atoms with van der Waals surface area (Å²) in [7, 11) is 0. The molecule has 0 aromatic heterocycles. The quantitative estimate of drug-likeness (QED) is 0.584. The molecule has 2 rings (SSSR count). The van der Waals surface area contributed by atoms with Crippen molar-refractivity contribution in [3.8, 4) is 0 Å². The number of halogens is 1. The van der Waals surface area contributed by atoms with Crippen molar-refractivity contribution < 1.29 is 4.39 Å². The molecule has 0 aliphatic heterocycles. The van der Waals surface area contributed by atoms with Crippen LogP contribution in [0.25, 0.3) is 0 Å². The summed E-state index contributed by atoms with van der Waals surface area (Å²) in [5.41, 5.74) is 2.87. The Labute approximate surface area is 85.1 Å². The number of benzene rings is 1. The van der Waals surface area contributed by atoms with E-state index in [2.05, 4.69) is 20.8 Å². The van der Waals surface area contributed by atoms with Gasteiger partial charge in [-0.25, -0.2) is 4.39 Å².